The predicted octanol–water partition coefficient (Wildman–Crippen LogP) is 7.03. The number of hydrogen-bond acceptors (Lipinski definition) is 2. The highest BCUT2D eigenvalue weighted by atomic mass is 35.5. The molecule has 0 aromatic rings. The van der Waals surface area contributed by atoms with E-state index in [0.29, 0.717) is 18.3 Å². The van der Waals surface area contributed by atoms with Gasteiger partial charge in [-0.1, -0.05) is 70.4 Å². The Labute approximate surface area is 163 Å². The minimum atomic E-state index is -0.228. The molecule has 0 aliphatic heterocycles. The molecule has 0 amide bonds. The van der Waals surface area contributed by atoms with E-state index in [-0.39, 0.29) is 16.4 Å². The van der Waals surface area contributed by atoms with Crippen molar-refractivity contribution in [2.24, 2.45) is 17.8 Å². The summed E-state index contributed by atoms with van der Waals surface area (Å²) in [5.41, 5.74) is 0. The summed E-state index contributed by atoms with van der Waals surface area (Å²) in [6.45, 7) is 2.22. The van der Waals surface area contributed by atoms with Crippen LogP contribution < -0.4 is 0 Å². The van der Waals surface area contributed by atoms with Crippen LogP contribution in [0.25, 0.3) is 0 Å². The van der Waals surface area contributed by atoms with Crippen molar-refractivity contribution < 1.29 is 9.59 Å². The van der Waals surface area contributed by atoms with Gasteiger partial charge in [0.05, 0.1) is 0 Å². The van der Waals surface area contributed by atoms with E-state index in [1.54, 1.807) is 0 Å². The fourth-order valence-electron chi connectivity index (χ4n) is 3.79. The summed E-state index contributed by atoms with van der Waals surface area (Å²) < 4.78 is 0. The summed E-state index contributed by atoms with van der Waals surface area (Å²) in [6, 6.07) is 0. The van der Waals surface area contributed by atoms with Gasteiger partial charge in [-0.3, -0.25) is 9.59 Å². The maximum atomic E-state index is 11.8. The van der Waals surface area contributed by atoms with Gasteiger partial charge in [0.25, 0.3) is 0 Å². The molecule has 0 saturated carbocycles. The molecule has 2 nitrogen and oxygen atoms in total. The normalized spacial score (nSPS) is 22.9. The van der Waals surface area contributed by atoms with Crippen LogP contribution in [0.5, 0.6) is 0 Å². The Hall–Kier alpha value is -0.340. The summed E-state index contributed by atoms with van der Waals surface area (Å²) in [7, 11) is 0. The molecule has 4 heteroatoms. The van der Waals surface area contributed by atoms with Crippen LogP contribution in [-0.4, -0.2) is 10.5 Å². The highest BCUT2D eigenvalue weighted by molar-refractivity contribution is 6.64. The summed E-state index contributed by atoms with van der Waals surface area (Å²) in [6.07, 6.45) is 18.7. The van der Waals surface area contributed by atoms with Crippen LogP contribution in [0.15, 0.2) is 12.2 Å². The molecule has 0 saturated heterocycles. The molecule has 0 N–H and O–H groups in total. The Morgan fingerprint density at radius 3 is 2.20 bits per heavy atom. The predicted molar refractivity (Wildman–Crippen MR) is 107 cm³/mol. The zero-order valence-corrected chi connectivity index (χ0v) is 17.2. The van der Waals surface area contributed by atoms with E-state index in [9.17, 15) is 9.59 Å². The minimum Gasteiger partial charge on any atom is -0.281 e. The average Bonchev–Trinajstić information content (AvgIpc) is 2.58. The Morgan fingerprint density at radius 2 is 1.52 bits per heavy atom. The smallest absolute Gasteiger partial charge is 0.225 e. The van der Waals surface area contributed by atoms with Gasteiger partial charge in [0.2, 0.25) is 10.5 Å². The quantitative estimate of drug-likeness (QED) is 0.182. The van der Waals surface area contributed by atoms with Crippen molar-refractivity contribution in [1.29, 1.82) is 0 Å². The highest BCUT2D eigenvalue weighted by Crippen LogP contribution is 2.35. The fourth-order valence-corrected chi connectivity index (χ4v) is 4.18. The van der Waals surface area contributed by atoms with Gasteiger partial charge in [-0.25, -0.2) is 0 Å². The monoisotopic (exact) mass is 388 g/mol. The van der Waals surface area contributed by atoms with Gasteiger partial charge in [0, 0.05) is 12.3 Å². The van der Waals surface area contributed by atoms with Crippen molar-refractivity contribution in [3.8, 4) is 0 Å². The van der Waals surface area contributed by atoms with Gasteiger partial charge in [-0.15, -0.1) is 0 Å². The van der Waals surface area contributed by atoms with E-state index in [2.05, 4.69) is 19.1 Å². The van der Waals surface area contributed by atoms with Crippen molar-refractivity contribution in [3.63, 3.8) is 0 Å². The molecular weight excluding hydrogens is 355 g/mol. The van der Waals surface area contributed by atoms with Crippen LogP contribution in [0.1, 0.15) is 90.4 Å². The molecule has 0 aromatic heterocycles. The van der Waals surface area contributed by atoms with Crippen molar-refractivity contribution in [2.45, 2.75) is 90.4 Å². The molecule has 0 fully saturated rings. The Kier molecular flexibility index (Phi) is 12.5. The minimum absolute atomic E-state index is 0.00743. The molecule has 3 atom stereocenters. The lowest BCUT2D eigenvalue weighted by Crippen LogP contribution is -2.25. The van der Waals surface area contributed by atoms with Gasteiger partial charge < -0.3 is 0 Å². The average molecular weight is 389 g/mol. The molecule has 3 unspecified atom stereocenters. The van der Waals surface area contributed by atoms with Gasteiger partial charge in [0.15, 0.2) is 0 Å². The number of halogens is 2. The first-order valence-corrected chi connectivity index (χ1v) is 10.9. The highest BCUT2D eigenvalue weighted by Gasteiger charge is 2.30. The molecule has 25 heavy (non-hydrogen) atoms. The van der Waals surface area contributed by atoms with Crippen molar-refractivity contribution in [2.75, 3.05) is 0 Å². The van der Waals surface area contributed by atoms with E-state index in [1.165, 1.54) is 38.5 Å². The second-order valence-electron chi connectivity index (χ2n) is 7.47. The largest absolute Gasteiger partial charge is 0.281 e. The number of carbonyl (C=O) groups is 2. The molecule has 1 rings (SSSR count). The molecule has 1 aliphatic rings. The van der Waals surface area contributed by atoms with Crippen LogP contribution in [0.4, 0.5) is 0 Å². The summed E-state index contributed by atoms with van der Waals surface area (Å²) in [4.78, 5) is 22.5. The summed E-state index contributed by atoms with van der Waals surface area (Å²) in [5.74, 6) is 0.836. The number of unbranched alkanes of at least 4 members (excludes halogenated alkanes) is 7. The lowest BCUT2D eigenvalue weighted by molar-refractivity contribution is -0.117. The number of carbonyl (C=O) groups excluding carboxylic acids is 2. The molecule has 1 aliphatic carbocycles. The van der Waals surface area contributed by atoms with Crippen LogP contribution in [0, 0.1) is 17.8 Å². The third-order valence-corrected chi connectivity index (χ3v) is 5.80. The van der Waals surface area contributed by atoms with E-state index < -0.39 is 0 Å². The first kappa shape index (κ1) is 22.7. The van der Waals surface area contributed by atoms with E-state index >= 15 is 0 Å². The van der Waals surface area contributed by atoms with Gasteiger partial charge >= 0.3 is 0 Å². The van der Waals surface area contributed by atoms with E-state index in [4.69, 9.17) is 23.2 Å². The van der Waals surface area contributed by atoms with E-state index in [1.807, 2.05) is 0 Å². The standard InChI is InChI=1S/C21H34Cl2O2/c1-2-3-4-9-12-18-15-14-17(16-19(18)21(23)25)11-8-6-5-7-10-13-20(22)24/h14-15,17-19H,2-13,16H2,1H3. The summed E-state index contributed by atoms with van der Waals surface area (Å²) >= 11 is 11.2. The third kappa shape index (κ3) is 10.4. The number of rotatable bonds is 14. The van der Waals surface area contributed by atoms with Crippen LogP contribution in [0.2, 0.25) is 0 Å². The van der Waals surface area contributed by atoms with Crippen LogP contribution in [0.3, 0.4) is 0 Å². The molecule has 0 heterocycles. The Morgan fingerprint density at radius 1 is 0.880 bits per heavy atom. The molecule has 144 valence electrons. The molecule has 0 spiro atoms. The zero-order chi connectivity index (χ0) is 18.5. The first-order chi connectivity index (χ1) is 12.0. The Balaban J connectivity index is 2.25. The van der Waals surface area contributed by atoms with Gasteiger partial charge in [-0.2, -0.15) is 0 Å². The maximum absolute atomic E-state index is 11.8. The Bertz CT molecular complexity index is 420. The number of allylic oxidation sites excluding steroid dienone is 2. The lowest BCUT2D eigenvalue weighted by atomic mass is 9.76. The zero-order valence-electron chi connectivity index (χ0n) is 15.7. The van der Waals surface area contributed by atoms with Crippen molar-refractivity contribution in [3.05, 3.63) is 12.2 Å². The molecule has 0 aromatic carbocycles. The fraction of sp³-hybridized carbons (Fsp3) is 0.810. The van der Waals surface area contributed by atoms with Crippen LogP contribution >= 0.6 is 23.2 Å². The van der Waals surface area contributed by atoms with Crippen molar-refractivity contribution in [1.82, 2.24) is 0 Å². The van der Waals surface area contributed by atoms with Gasteiger partial charge in [-0.05, 0) is 60.7 Å². The molecule has 0 bridgehead atoms. The summed E-state index contributed by atoms with van der Waals surface area (Å²) in [5, 5.41) is -0.381. The SMILES string of the molecule is CCCCCCC1C=CC(CCCCCCCC(=O)Cl)CC1C(=O)Cl. The maximum Gasteiger partial charge on any atom is 0.225 e. The third-order valence-electron chi connectivity index (χ3n) is 5.33. The van der Waals surface area contributed by atoms with Crippen LogP contribution in [-0.2, 0) is 9.59 Å². The second kappa shape index (κ2) is 13.8. The van der Waals surface area contributed by atoms with Gasteiger partial charge in [0.1, 0.15) is 0 Å². The first-order valence-electron chi connectivity index (χ1n) is 10.1. The van der Waals surface area contributed by atoms with E-state index in [0.717, 1.165) is 38.5 Å². The number of hydrogen-bond donors (Lipinski definition) is 0. The molecular formula is C21H34Cl2O2. The molecule has 0 radical (unpaired) electrons. The second-order valence-corrected chi connectivity index (χ2v) is 8.26. The topological polar surface area (TPSA) is 34.1 Å². The lowest BCUT2D eigenvalue weighted by Gasteiger charge is -2.29. The van der Waals surface area contributed by atoms with Crippen molar-refractivity contribution >= 4 is 33.7 Å².